The van der Waals surface area contributed by atoms with E-state index in [-0.39, 0.29) is 77.4 Å². The number of benzene rings is 7. The minimum Gasteiger partial charge on any atom is -0.369 e. The molecule has 2 aliphatic heterocycles. The van der Waals surface area contributed by atoms with E-state index in [1.165, 1.54) is 30.3 Å². The van der Waals surface area contributed by atoms with Gasteiger partial charge in [-0.15, -0.1) is 9.35 Å². The first-order valence-electron chi connectivity index (χ1n) is 31.3. The van der Waals surface area contributed by atoms with Gasteiger partial charge in [0.1, 0.15) is 0 Å². The number of carbonyl (C=O) groups excluding carboxylic acids is 6. The monoisotopic (exact) mass is 1250 g/mol. The highest BCUT2D eigenvalue weighted by atomic mass is 32.2. The van der Waals surface area contributed by atoms with E-state index in [2.05, 4.69) is 80.5 Å². The summed E-state index contributed by atoms with van der Waals surface area (Å²) in [6.07, 6.45) is 3.36. The SMILES string of the molecule is C.CC(CC1C(=O)NC(=O)C1CC(C)c1ccccc1)c1ccccc1.CN.CNC(=O)C(CC(C)c1ccccc1)C(CC(C)c1ccccc1)C(N)=O.Cc1ccc(S(=O)(=O)ON2C(=O)C(CC(C)c3ccccc3)C(CC(C)c3ccccc3)C2=O)cc1. The van der Waals surface area contributed by atoms with E-state index in [4.69, 9.17) is 10.0 Å². The zero-order valence-corrected chi connectivity index (χ0v) is 54.3. The standard InChI is InChI=1S/C29H31NO5S.C23H30N2O2.C22H25NO2.CH5N.CH4/c1-20-14-16-25(17-15-20)36(33,34)35-30-28(31)26(18-21(2)23-10-6-4-7-11-23)27(29(30)32)19-22(3)24-12-8-5-9-13-24;1-16(18-10-6-4-7-11-18)14-20(22(24)26)21(23(27)25-3)15-17(2)19-12-8-5-9-13-19;1-15(17-9-5-3-6-10-17)13-19-20(22(25)23-21(19)24)14-16(2)18-11-7-4-8-12-18;1-2;/h4-17,21-22,26-27H,18-19H2,1-3H3;4-13,16-17,20-21H,14-15H2,1-3H3,(H2,24,26)(H,25,27);3-12,15-16,19-20H,13-14H2,1-2H3,(H,23,24,25);2H2,1H3;1H4. The normalized spacial score (nSPS) is 18.7. The van der Waals surface area contributed by atoms with Crippen molar-refractivity contribution in [3.8, 4) is 0 Å². The maximum absolute atomic E-state index is 13.5. The summed E-state index contributed by atoms with van der Waals surface area (Å²) in [5.74, 6) is -4.01. The first-order chi connectivity index (χ1) is 43.2. The van der Waals surface area contributed by atoms with Crippen LogP contribution in [0.1, 0.15) is 162 Å². The highest BCUT2D eigenvalue weighted by Crippen LogP contribution is 2.42. The van der Waals surface area contributed by atoms with Gasteiger partial charge in [0.25, 0.3) is 11.8 Å². The van der Waals surface area contributed by atoms with Gasteiger partial charge in [-0.3, -0.25) is 34.1 Å². The zero-order chi connectivity index (χ0) is 65.5. The predicted octanol–water partition coefficient (Wildman–Crippen LogP) is 13.9. The van der Waals surface area contributed by atoms with Gasteiger partial charge in [-0.25, -0.2) is 0 Å². The summed E-state index contributed by atoms with van der Waals surface area (Å²) in [7, 11) is -1.24. The molecule has 6 N–H and O–H groups in total. The van der Waals surface area contributed by atoms with Crippen LogP contribution in [0, 0.1) is 42.4 Å². The number of nitrogens with two attached hydrogens (primary N) is 2. The van der Waals surface area contributed by atoms with Crippen molar-refractivity contribution in [2.45, 2.75) is 135 Å². The lowest BCUT2D eigenvalue weighted by atomic mass is 9.76. The third-order valence-electron chi connectivity index (χ3n) is 17.7. The summed E-state index contributed by atoms with van der Waals surface area (Å²) in [4.78, 5) is 76.5. The maximum Gasteiger partial charge on any atom is 0.318 e. The molecule has 2 saturated heterocycles. The number of carbonyl (C=O) groups is 6. The summed E-state index contributed by atoms with van der Waals surface area (Å²) in [5.41, 5.74) is 18.0. The van der Waals surface area contributed by atoms with E-state index in [1.54, 1.807) is 19.2 Å². The van der Waals surface area contributed by atoms with Crippen molar-refractivity contribution in [1.29, 1.82) is 0 Å². The number of imide groups is 2. The van der Waals surface area contributed by atoms with Gasteiger partial charge in [0.05, 0.1) is 34.5 Å². The maximum atomic E-state index is 13.5. The molecule has 0 radical (unpaired) electrons. The van der Waals surface area contributed by atoms with E-state index in [0.717, 1.165) is 27.8 Å². The van der Waals surface area contributed by atoms with Gasteiger partial charge in [0.2, 0.25) is 23.6 Å². The fourth-order valence-electron chi connectivity index (χ4n) is 12.3. The molecular weight excluding hydrogens is 1160 g/mol. The molecule has 12 unspecified atom stereocenters. The minimum absolute atomic E-state index is 0. The number of aryl methyl sites for hydroxylation is 1. The van der Waals surface area contributed by atoms with Crippen molar-refractivity contribution >= 4 is 45.6 Å². The molecule has 14 nitrogen and oxygen atoms in total. The number of nitrogens with one attached hydrogen (secondary N) is 2. The van der Waals surface area contributed by atoms with Crippen molar-refractivity contribution < 1.29 is 41.5 Å². The Morgan fingerprint density at radius 1 is 0.462 bits per heavy atom. The Bertz CT molecular complexity index is 3360. The van der Waals surface area contributed by atoms with Crippen molar-refractivity contribution in [3.63, 3.8) is 0 Å². The Hall–Kier alpha value is -8.37. The van der Waals surface area contributed by atoms with E-state index in [1.807, 2.05) is 166 Å². The van der Waals surface area contributed by atoms with Crippen molar-refractivity contribution in [3.05, 3.63) is 245 Å². The third kappa shape index (κ3) is 20.6. The van der Waals surface area contributed by atoms with Crippen LogP contribution in [0.15, 0.2) is 211 Å². The molecule has 484 valence electrons. The highest BCUT2D eigenvalue weighted by molar-refractivity contribution is 7.86. The van der Waals surface area contributed by atoms with Crippen LogP contribution in [0.3, 0.4) is 0 Å². The Balaban J connectivity index is 0.000000248. The molecule has 9 rings (SSSR count). The van der Waals surface area contributed by atoms with Crippen LogP contribution in [0.5, 0.6) is 0 Å². The van der Waals surface area contributed by atoms with Crippen LogP contribution < -0.4 is 22.1 Å². The average Bonchev–Trinajstić information content (AvgIpc) is 1.80. The molecule has 12 atom stereocenters. The average molecular weight is 1250 g/mol. The molecule has 91 heavy (non-hydrogen) atoms. The first-order valence-corrected chi connectivity index (χ1v) is 32.7. The van der Waals surface area contributed by atoms with E-state index < -0.39 is 51.5 Å². The number of hydrogen-bond acceptors (Lipinski definition) is 10. The number of rotatable bonds is 24. The zero-order valence-electron chi connectivity index (χ0n) is 53.5. The van der Waals surface area contributed by atoms with Crippen molar-refractivity contribution in [2.75, 3.05) is 14.1 Å². The predicted molar refractivity (Wildman–Crippen MR) is 362 cm³/mol. The Labute approximate surface area is 541 Å². The molecule has 2 fully saturated rings. The van der Waals surface area contributed by atoms with Crippen LogP contribution in [-0.2, 0) is 43.2 Å². The molecule has 7 aromatic rings. The number of primary amides is 1. The third-order valence-corrected chi connectivity index (χ3v) is 18.9. The van der Waals surface area contributed by atoms with Gasteiger partial charge in [-0.05, 0) is 134 Å². The highest BCUT2D eigenvalue weighted by Gasteiger charge is 2.51. The van der Waals surface area contributed by atoms with Gasteiger partial charge in [0.15, 0.2) is 0 Å². The fraction of sp³-hybridized carbons (Fsp3) is 0.368. The second kappa shape index (κ2) is 35.9. The molecule has 0 aliphatic carbocycles. The largest absolute Gasteiger partial charge is 0.369 e. The van der Waals surface area contributed by atoms with Gasteiger partial charge >= 0.3 is 10.1 Å². The molecule has 6 amide bonds. The summed E-state index contributed by atoms with van der Waals surface area (Å²) < 4.78 is 31.0. The Morgan fingerprint density at radius 2 is 0.736 bits per heavy atom. The number of hydrogen-bond donors (Lipinski definition) is 4. The Kier molecular flexibility index (Phi) is 28.9. The quantitative estimate of drug-likeness (QED) is 0.0419. The molecule has 7 aromatic carbocycles. The van der Waals surface area contributed by atoms with Gasteiger partial charge in [-0.2, -0.15) is 8.42 Å². The van der Waals surface area contributed by atoms with E-state index >= 15 is 0 Å². The van der Waals surface area contributed by atoms with Gasteiger partial charge in [-0.1, -0.05) is 249 Å². The minimum atomic E-state index is -4.35. The van der Waals surface area contributed by atoms with Crippen LogP contribution in [0.25, 0.3) is 0 Å². The van der Waals surface area contributed by atoms with Crippen LogP contribution in [-0.4, -0.2) is 63.0 Å². The lowest BCUT2D eigenvalue weighted by Gasteiger charge is -2.28. The van der Waals surface area contributed by atoms with E-state index in [9.17, 15) is 37.2 Å². The molecule has 2 aliphatic rings. The fourth-order valence-corrected chi connectivity index (χ4v) is 13.2. The summed E-state index contributed by atoms with van der Waals surface area (Å²) in [5, 5.41) is 5.76. The molecule has 2 heterocycles. The summed E-state index contributed by atoms with van der Waals surface area (Å²) in [6.45, 7) is 14.3. The van der Waals surface area contributed by atoms with E-state index in [0.29, 0.717) is 43.6 Å². The smallest absolute Gasteiger partial charge is 0.318 e. The lowest BCUT2D eigenvalue weighted by molar-refractivity contribution is -0.165. The molecule has 0 spiro atoms. The number of nitrogens with zero attached hydrogens (tertiary/aromatic N) is 1. The number of amides is 6. The Morgan fingerprint density at radius 3 is 1.02 bits per heavy atom. The van der Waals surface area contributed by atoms with Gasteiger partial charge in [0, 0.05) is 13.0 Å². The summed E-state index contributed by atoms with van der Waals surface area (Å²) >= 11 is 0. The molecule has 0 aromatic heterocycles. The molecule has 15 heteroatoms. The van der Waals surface area contributed by atoms with Crippen molar-refractivity contribution in [1.82, 2.24) is 15.7 Å². The lowest BCUT2D eigenvalue weighted by Crippen LogP contribution is -2.40. The second-order valence-corrected chi connectivity index (χ2v) is 25.6. The molecule has 0 saturated carbocycles. The second-order valence-electron chi connectivity index (χ2n) is 24.1. The topological polar surface area (TPSA) is 225 Å². The van der Waals surface area contributed by atoms with Crippen LogP contribution >= 0.6 is 0 Å². The van der Waals surface area contributed by atoms with Crippen LogP contribution in [0.4, 0.5) is 0 Å². The number of hydroxylamine groups is 2. The molecular formula is C76H95N5O9S. The summed E-state index contributed by atoms with van der Waals surface area (Å²) in [6, 6.07) is 66.1. The van der Waals surface area contributed by atoms with Crippen molar-refractivity contribution in [2.24, 2.45) is 47.0 Å². The molecule has 0 bridgehead atoms. The van der Waals surface area contributed by atoms with Crippen LogP contribution in [0.2, 0.25) is 0 Å². The first kappa shape index (κ1) is 73.4. The van der Waals surface area contributed by atoms with Gasteiger partial charge < -0.3 is 16.8 Å².